The van der Waals surface area contributed by atoms with Gasteiger partial charge < -0.3 is 20.1 Å². The molecule has 0 unspecified atom stereocenters. The highest BCUT2D eigenvalue weighted by Crippen LogP contribution is 2.16. The topological polar surface area (TPSA) is 76.7 Å². The molecule has 28 heavy (non-hydrogen) atoms. The van der Waals surface area contributed by atoms with E-state index in [0.717, 1.165) is 17.1 Å². The van der Waals surface area contributed by atoms with Gasteiger partial charge in [0.15, 0.2) is 0 Å². The lowest BCUT2D eigenvalue weighted by molar-refractivity contribution is -0.136. The molecule has 0 spiro atoms. The minimum Gasteiger partial charge on any atom is -0.493 e. The second-order valence-electron chi connectivity index (χ2n) is 7.18. The van der Waals surface area contributed by atoms with Crippen molar-refractivity contribution >= 4 is 17.5 Å². The first-order valence-electron chi connectivity index (χ1n) is 9.41. The molecule has 0 atom stereocenters. The van der Waals surface area contributed by atoms with Crippen LogP contribution in [-0.2, 0) is 16.1 Å². The first-order valence-corrected chi connectivity index (χ1v) is 9.41. The smallest absolute Gasteiger partial charge is 0.313 e. The van der Waals surface area contributed by atoms with Crippen LogP contribution in [-0.4, -0.2) is 24.5 Å². The summed E-state index contributed by atoms with van der Waals surface area (Å²) in [5.41, 5.74) is 1.41. The molecule has 0 bridgehead atoms. The second-order valence-corrected chi connectivity index (χ2v) is 7.18. The molecule has 0 aliphatic rings. The average Bonchev–Trinajstić information content (AvgIpc) is 2.66. The Kier molecular flexibility index (Phi) is 7.87. The highest BCUT2D eigenvalue weighted by atomic mass is 16.5. The van der Waals surface area contributed by atoms with Gasteiger partial charge in [0, 0.05) is 12.2 Å². The highest BCUT2D eigenvalue weighted by Gasteiger charge is 2.13. The second kappa shape index (κ2) is 10.3. The third-order valence-corrected chi connectivity index (χ3v) is 3.65. The Morgan fingerprint density at radius 3 is 2.04 bits per heavy atom. The number of carbonyl (C=O) groups excluding carboxylic acids is 2. The van der Waals surface area contributed by atoms with E-state index < -0.39 is 11.8 Å². The SMILES string of the molecule is CC(C)COc1ccc(NC(=O)C(=O)NCc2ccc(OC(C)C)cc2)cc1. The van der Waals surface area contributed by atoms with Gasteiger partial charge in [-0.25, -0.2) is 0 Å². The first kappa shape index (κ1) is 21.3. The quantitative estimate of drug-likeness (QED) is 0.680. The summed E-state index contributed by atoms with van der Waals surface area (Å²) in [4.78, 5) is 24.0. The standard InChI is InChI=1S/C22H28N2O4/c1-15(2)14-27-19-11-7-18(8-12-19)24-22(26)21(25)23-13-17-5-9-20(10-6-17)28-16(3)4/h5-12,15-16H,13-14H2,1-4H3,(H,23,25)(H,24,26). The highest BCUT2D eigenvalue weighted by molar-refractivity contribution is 6.39. The molecule has 2 amide bonds. The third-order valence-electron chi connectivity index (χ3n) is 3.65. The van der Waals surface area contributed by atoms with Crippen LogP contribution in [0.4, 0.5) is 5.69 Å². The molecular formula is C22H28N2O4. The first-order chi connectivity index (χ1) is 13.3. The van der Waals surface area contributed by atoms with E-state index in [-0.39, 0.29) is 12.6 Å². The Bertz CT molecular complexity index is 768. The Morgan fingerprint density at radius 1 is 0.857 bits per heavy atom. The Morgan fingerprint density at radius 2 is 1.46 bits per heavy atom. The van der Waals surface area contributed by atoms with E-state index >= 15 is 0 Å². The number of amides is 2. The van der Waals surface area contributed by atoms with E-state index in [4.69, 9.17) is 9.47 Å². The van der Waals surface area contributed by atoms with Crippen LogP contribution in [0.5, 0.6) is 11.5 Å². The van der Waals surface area contributed by atoms with Crippen molar-refractivity contribution in [3.63, 3.8) is 0 Å². The van der Waals surface area contributed by atoms with E-state index in [1.807, 2.05) is 38.1 Å². The average molecular weight is 384 g/mol. The van der Waals surface area contributed by atoms with Crippen molar-refractivity contribution in [3.05, 3.63) is 54.1 Å². The zero-order chi connectivity index (χ0) is 20.5. The summed E-state index contributed by atoms with van der Waals surface area (Å²) >= 11 is 0. The Balaban J connectivity index is 1.80. The van der Waals surface area contributed by atoms with Gasteiger partial charge in [-0.15, -0.1) is 0 Å². The molecule has 2 N–H and O–H groups in total. The van der Waals surface area contributed by atoms with Gasteiger partial charge in [-0.1, -0.05) is 26.0 Å². The van der Waals surface area contributed by atoms with E-state index in [9.17, 15) is 9.59 Å². The summed E-state index contributed by atoms with van der Waals surface area (Å²) in [6, 6.07) is 14.3. The number of ether oxygens (including phenoxy) is 2. The predicted octanol–water partition coefficient (Wildman–Crippen LogP) is 3.76. The number of hydrogen-bond donors (Lipinski definition) is 2. The van der Waals surface area contributed by atoms with Crippen molar-refractivity contribution in [1.82, 2.24) is 5.32 Å². The molecule has 0 heterocycles. The zero-order valence-electron chi connectivity index (χ0n) is 16.8. The number of nitrogens with one attached hydrogen (secondary N) is 2. The van der Waals surface area contributed by atoms with E-state index in [1.165, 1.54) is 0 Å². The lowest BCUT2D eigenvalue weighted by atomic mass is 10.2. The number of anilines is 1. The van der Waals surface area contributed by atoms with Crippen molar-refractivity contribution in [2.75, 3.05) is 11.9 Å². The fourth-order valence-corrected chi connectivity index (χ4v) is 2.31. The van der Waals surface area contributed by atoms with Crippen LogP contribution >= 0.6 is 0 Å². The lowest BCUT2D eigenvalue weighted by Crippen LogP contribution is -2.34. The minimum absolute atomic E-state index is 0.102. The van der Waals surface area contributed by atoms with Gasteiger partial charge in [0.1, 0.15) is 11.5 Å². The molecule has 2 rings (SSSR count). The molecule has 6 nitrogen and oxygen atoms in total. The summed E-state index contributed by atoms with van der Waals surface area (Å²) in [6.45, 7) is 8.94. The number of benzene rings is 2. The van der Waals surface area contributed by atoms with Crippen LogP contribution in [0.1, 0.15) is 33.3 Å². The van der Waals surface area contributed by atoms with Crippen molar-refractivity contribution in [2.24, 2.45) is 5.92 Å². The molecule has 0 aliphatic carbocycles. The van der Waals surface area contributed by atoms with Gasteiger partial charge in [0.05, 0.1) is 12.7 Å². The Hall–Kier alpha value is -3.02. The van der Waals surface area contributed by atoms with Crippen molar-refractivity contribution in [1.29, 1.82) is 0 Å². The number of hydrogen-bond acceptors (Lipinski definition) is 4. The summed E-state index contributed by atoms with van der Waals surface area (Å²) in [6.07, 6.45) is 0.102. The van der Waals surface area contributed by atoms with Crippen LogP contribution < -0.4 is 20.1 Å². The molecule has 0 aromatic heterocycles. The summed E-state index contributed by atoms with van der Waals surface area (Å²) in [5.74, 6) is 0.518. The lowest BCUT2D eigenvalue weighted by Gasteiger charge is -2.11. The minimum atomic E-state index is -0.712. The van der Waals surface area contributed by atoms with E-state index in [0.29, 0.717) is 18.2 Å². The van der Waals surface area contributed by atoms with Crippen LogP contribution in [0.15, 0.2) is 48.5 Å². The molecule has 0 aliphatic heterocycles. The van der Waals surface area contributed by atoms with Gasteiger partial charge >= 0.3 is 11.8 Å². The molecule has 150 valence electrons. The predicted molar refractivity (Wildman–Crippen MR) is 109 cm³/mol. The van der Waals surface area contributed by atoms with Gasteiger partial charge in [-0.2, -0.15) is 0 Å². The van der Waals surface area contributed by atoms with E-state index in [1.54, 1.807) is 24.3 Å². The fourth-order valence-electron chi connectivity index (χ4n) is 2.31. The van der Waals surface area contributed by atoms with Gasteiger partial charge in [0.2, 0.25) is 0 Å². The molecule has 0 saturated heterocycles. The van der Waals surface area contributed by atoms with Crippen molar-refractivity contribution in [2.45, 2.75) is 40.3 Å². The largest absolute Gasteiger partial charge is 0.493 e. The maximum atomic E-state index is 12.0. The molecule has 6 heteroatoms. The summed E-state index contributed by atoms with van der Waals surface area (Å²) in [5, 5.41) is 5.18. The van der Waals surface area contributed by atoms with Crippen LogP contribution in [0, 0.1) is 5.92 Å². The van der Waals surface area contributed by atoms with Crippen molar-refractivity contribution < 1.29 is 19.1 Å². The summed E-state index contributed by atoms with van der Waals surface area (Å²) < 4.78 is 11.2. The summed E-state index contributed by atoms with van der Waals surface area (Å²) in [7, 11) is 0. The van der Waals surface area contributed by atoms with Crippen LogP contribution in [0.25, 0.3) is 0 Å². The van der Waals surface area contributed by atoms with Crippen LogP contribution in [0.3, 0.4) is 0 Å². The fraction of sp³-hybridized carbons (Fsp3) is 0.364. The molecule has 0 radical (unpaired) electrons. The molecule has 2 aromatic rings. The van der Waals surface area contributed by atoms with Gasteiger partial charge in [-0.3, -0.25) is 9.59 Å². The number of carbonyl (C=O) groups is 2. The molecule has 0 saturated carbocycles. The number of rotatable bonds is 8. The normalized spacial score (nSPS) is 10.6. The molecule has 0 fully saturated rings. The van der Waals surface area contributed by atoms with Crippen LogP contribution in [0.2, 0.25) is 0 Å². The molecule has 2 aromatic carbocycles. The van der Waals surface area contributed by atoms with Crippen molar-refractivity contribution in [3.8, 4) is 11.5 Å². The van der Waals surface area contributed by atoms with Gasteiger partial charge in [-0.05, 0) is 61.7 Å². The maximum Gasteiger partial charge on any atom is 0.313 e. The molecular weight excluding hydrogens is 356 g/mol. The third kappa shape index (κ3) is 7.31. The van der Waals surface area contributed by atoms with Gasteiger partial charge in [0.25, 0.3) is 0 Å². The zero-order valence-corrected chi connectivity index (χ0v) is 16.8. The Labute approximate surface area is 166 Å². The van der Waals surface area contributed by atoms with E-state index in [2.05, 4.69) is 24.5 Å². The maximum absolute atomic E-state index is 12.0. The monoisotopic (exact) mass is 384 g/mol.